The highest BCUT2D eigenvalue weighted by Crippen LogP contribution is 2.35. The second kappa shape index (κ2) is 10.9. The van der Waals surface area contributed by atoms with Crippen molar-refractivity contribution in [1.29, 1.82) is 5.26 Å². The standard InChI is InChI=1S/C28H21FN2O4/c1-33-28-22(5-4-7-25(28)24-6-2-3-8-26(24)29)18-34-23-10-9-21(16-32)27(12-23)35-17-20-11-19(13-30)14-31-15-20/h2-12,14-16H,17-18H2,1H3. The van der Waals surface area contributed by atoms with Crippen LogP contribution < -0.4 is 14.2 Å². The van der Waals surface area contributed by atoms with Crippen LogP contribution in [0.5, 0.6) is 17.2 Å². The quantitative estimate of drug-likeness (QED) is 0.292. The minimum Gasteiger partial charge on any atom is -0.496 e. The van der Waals surface area contributed by atoms with Gasteiger partial charge in [-0.05, 0) is 24.3 Å². The molecular formula is C28H21FN2O4. The van der Waals surface area contributed by atoms with Crippen LogP contribution in [0.3, 0.4) is 0 Å². The first-order valence-electron chi connectivity index (χ1n) is 10.7. The second-order valence-electron chi connectivity index (χ2n) is 7.57. The van der Waals surface area contributed by atoms with Crippen LogP contribution in [0.4, 0.5) is 4.39 Å². The average Bonchev–Trinajstić information content (AvgIpc) is 2.91. The van der Waals surface area contributed by atoms with Gasteiger partial charge in [0.1, 0.15) is 42.3 Å². The molecule has 174 valence electrons. The molecule has 0 spiro atoms. The van der Waals surface area contributed by atoms with Crippen molar-refractivity contribution in [3.05, 3.63) is 107 Å². The van der Waals surface area contributed by atoms with E-state index in [0.29, 0.717) is 51.4 Å². The molecule has 6 nitrogen and oxygen atoms in total. The Hall–Kier alpha value is -4.70. The highest BCUT2D eigenvalue weighted by atomic mass is 19.1. The summed E-state index contributed by atoms with van der Waals surface area (Å²) in [5, 5.41) is 9.03. The number of nitrogens with zero attached hydrogens (tertiary/aromatic N) is 2. The third kappa shape index (κ3) is 5.45. The highest BCUT2D eigenvalue weighted by Gasteiger charge is 2.15. The average molecular weight is 468 g/mol. The number of halogens is 1. The van der Waals surface area contributed by atoms with Crippen LogP contribution in [-0.2, 0) is 13.2 Å². The van der Waals surface area contributed by atoms with Crippen molar-refractivity contribution >= 4 is 6.29 Å². The van der Waals surface area contributed by atoms with Gasteiger partial charge in [0.2, 0.25) is 0 Å². The minimum absolute atomic E-state index is 0.130. The van der Waals surface area contributed by atoms with E-state index in [-0.39, 0.29) is 19.0 Å². The first kappa shape index (κ1) is 23.5. The number of para-hydroxylation sites is 1. The van der Waals surface area contributed by atoms with Gasteiger partial charge in [-0.2, -0.15) is 5.26 Å². The van der Waals surface area contributed by atoms with Crippen molar-refractivity contribution in [2.24, 2.45) is 0 Å². The summed E-state index contributed by atoms with van der Waals surface area (Å²) in [6.07, 6.45) is 3.75. The zero-order valence-corrected chi connectivity index (χ0v) is 18.9. The molecule has 0 amide bonds. The zero-order chi connectivity index (χ0) is 24.6. The summed E-state index contributed by atoms with van der Waals surface area (Å²) in [6, 6.07) is 20.6. The predicted octanol–water partition coefficient (Wildman–Crippen LogP) is 5.74. The molecule has 3 aromatic carbocycles. The first-order valence-corrected chi connectivity index (χ1v) is 10.7. The van der Waals surface area contributed by atoms with Gasteiger partial charge in [0, 0.05) is 40.7 Å². The Kier molecular flexibility index (Phi) is 7.34. The third-order valence-corrected chi connectivity index (χ3v) is 5.29. The number of methoxy groups -OCH3 is 1. The van der Waals surface area contributed by atoms with E-state index in [1.54, 1.807) is 54.7 Å². The number of ether oxygens (including phenoxy) is 3. The summed E-state index contributed by atoms with van der Waals surface area (Å²) in [5.74, 6) is 0.994. The topological polar surface area (TPSA) is 81.4 Å². The molecule has 7 heteroatoms. The van der Waals surface area contributed by atoms with Crippen molar-refractivity contribution in [3.8, 4) is 34.4 Å². The Balaban J connectivity index is 1.53. The fourth-order valence-corrected chi connectivity index (χ4v) is 3.61. The van der Waals surface area contributed by atoms with Crippen LogP contribution in [0.2, 0.25) is 0 Å². The van der Waals surface area contributed by atoms with Gasteiger partial charge in [0.25, 0.3) is 0 Å². The molecule has 0 unspecified atom stereocenters. The molecule has 0 bridgehead atoms. The lowest BCUT2D eigenvalue weighted by atomic mass is 10.0. The number of carbonyl (C=O) groups excluding carboxylic acids is 1. The first-order chi connectivity index (χ1) is 17.1. The van der Waals surface area contributed by atoms with Crippen LogP contribution in [0.25, 0.3) is 11.1 Å². The maximum atomic E-state index is 14.4. The fourth-order valence-electron chi connectivity index (χ4n) is 3.61. The summed E-state index contributed by atoms with van der Waals surface area (Å²) in [5.41, 5.74) is 3.27. The van der Waals surface area contributed by atoms with Gasteiger partial charge >= 0.3 is 0 Å². The fraction of sp³-hybridized carbons (Fsp3) is 0.107. The van der Waals surface area contributed by atoms with Crippen molar-refractivity contribution in [1.82, 2.24) is 4.98 Å². The van der Waals surface area contributed by atoms with Crippen LogP contribution in [-0.4, -0.2) is 18.4 Å². The molecule has 0 fully saturated rings. The Morgan fingerprint density at radius 1 is 0.971 bits per heavy atom. The molecule has 0 saturated heterocycles. The maximum Gasteiger partial charge on any atom is 0.153 e. The maximum absolute atomic E-state index is 14.4. The van der Waals surface area contributed by atoms with Crippen LogP contribution >= 0.6 is 0 Å². The molecule has 4 rings (SSSR count). The number of carbonyl (C=O) groups is 1. The molecular weight excluding hydrogens is 447 g/mol. The predicted molar refractivity (Wildman–Crippen MR) is 128 cm³/mol. The Morgan fingerprint density at radius 3 is 2.57 bits per heavy atom. The molecule has 35 heavy (non-hydrogen) atoms. The lowest BCUT2D eigenvalue weighted by Crippen LogP contribution is -2.02. The SMILES string of the molecule is COc1c(COc2ccc(C=O)c(OCc3cncc(C#N)c3)c2)cccc1-c1ccccc1F. The second-order valence-corrected chi connectivity index (χ2v) is 7.57. The Bertz CT molecular complexity index is 1400. The highest BCUT2D eigenvalue weighted by molar-refractivity contribution is 5.79. The lowest BCUT2D eigenvalue weighted by molar-refractivity contribution is 0.111. The van der Waals surface area contributed by atoms with Crippen molar-refractivity contribution in [2.45, 2.75) is 13.2 Å². The van der Waals surface area contributed by atoms with Gasteiger partial charge in [-0.25, -0.2) is 4.39 Å². The minimum atomic E-state index is -0.342. The summed E-state index contributed by atoms with van der Waals surface area (Å²) >= 11 is 0. The summed E-state index contributed by atoms with van der Waals surface area (Å²) in [6.45, 7) is 0.283. The zero-order valence-electron chi connectivity index (χ0n) is 18.9. The molecule has 1 heterocycles. The van der Waals surface area contributed by atoms with E-state index in [1.807, 2.05) is 18.2 Å². The van der Waals surface area contributed by atoms with E-state index in [9.17, 15) is 9.18 Å². The molecule has 0 saturated carbocycles. The number of hydrogen-bond acceptors (Lipinski definition) is 6. The number of rotatable bonds is 9. The molecule has 0 radical (unpaired) electrons. The van der Waals surface area contributed by atoms with E-state index in [1.165, 1.54) is 19.4 Å². The molecule has 4 aromatic rings. The van der Waals surface area contributed by atoms with E-state index >= 15 is 0 Å². The van der Waals surface area contributed by atoms with Crippen LogP contribution in [0.1, 0.15) is 27.0 Å². The van der Waals surface area contributed by atoms with Gasteiger partial charge in [-0.15, -0.1) is 0 Å². The third-order valence-electron chi connectivity index (χ3n) is 5.29. The van der Waals surface area contributed by atoms with Gasteiger partial charge in [0.05, 0.1) is 18.2 Å². The number of aldehydes is 1. The van der Waals surface area contributed by atoms with E-state index in [4.69, 9.17) is 19.5 Å². The van der Waals surface area contributed by atoms with Crippen LogP contribution in [0.15, 0.2) is 79.1 Å². The summed E-state index contributed by atoms with van der Waals surface area (Å²) in [7, 11) is 1.53. The summed E-state index contributed by atoms with van der Waals surface area (Å²) in [4.78, 5) is 15.5. The van der Waals surface area contributed by atoms with Crippen molar-refractivity contribution in [2.75, 3.05) is 7.11 Å². The molecule has 0 aliphatic carbocycles. The van der Waals surface area contributed by atoms with Gasteiger partial charge in [-0.3, -0.25) is 9.78 Å². The van der Waals surface area contributed by atoms with Gasteiger partial charge in [-0.1, -0.05) is 36.4 Å². The number of nitriles is 1. The number of aromatic nitrogens is 1. The molecule has 0 aliphatic rings. The smallest absolute Gasteiger partial charge is 0.153 e. The van der Waals surface area contributed by atoms with E-state index in [0.717, 1.165) is 5.56 Å². The Morgan fingerprint density at radius 2 is 1.80 bits per heavy atom. The summed E-state index contributed by atoms with van der Waals surface area (Å²) < 4.78 is 31.7. The molecule has 1 aromatic heterocycles. The van der Waals surface area contributed by atoms with E-state index < -0.39 is 0 Å². The number of hydrogen-bond donors (Lipinski definition) is 0. The van der Waals surface area contributed by atoms with Crippen LogP contribution in [0, 0.1) is 17.1 Å². The largest absolute Gasteiger partial charge is 0.496 e. The normalized spacial score (nSPS) is 10.3. The lowest BCUT2D eigenvalue weighted by Gasteiger charge is -2.16. The van der Waals surface area contributed by atoms with Gasteiger partial charge < -0.3 is 14.2 Å². The monoisotopic (exact) mass is 468 g/mol. The molecule has 0 atom stereocenters. The molecule has 0 aliphatic heterocycles. The van der Waals surface area contributed by atoms with Crippen molar-refractivity contribution < 1.29 is 23.4 Å². The van der Waals surface area contributed by atoms with Gasteiger partial charge in [0.15, 0.2) is 6.29 Å². The van der Waals surface area contributed by atoms with E-state index in [2.05, 4.69) is 4.98 Å². The molecule has 0 N–H and O–H groups in total. The Labute approximate surface area is 202 Å². The van der Waals surface area contributed by atoms with Crippen molar-refractivity contribution in [3.63, 3.8) is 0 Å². The number of benzene rings is 3. The number of pyridine rings is 1.